The van der Waals surface area contributed by atoms with Crippen molar-refractivity contribution in [1.82, 2.24) is 19.7 Å². The van der Waals surface area contributed by atoms with Crippen LogP contribution in [0.2, 0.25) is 5.02 Å². The predicted octanol–water partition coefficient (Wildman–Crippen LogP) is 3.61. The Morgan fingerprint density at radius 3 is 2.75 bits per heavy atom. The molecule has 1 fully saturated rings. The highest BCUT2D eigenvalue weighted by Gasteiger charge is 2.22. The molecule has 1 aliphatic carbocycles. The Labute approximate surface area is 169 Å². The SMILES string of the molecule is COCc1nc(NC2CCC(N)CC2)c2c(C)nn(-c3cccc(Cl)c3)c2n1. The van der Waals surface area contributed by atoms with E-state index in [0.29, 0.717) is 29.5 Å². The van der Waals surface area contributed by atoms with Crippen LogP contribution in [0.3, 0.4) is 0 Å². The highest BCUT2D eigenvalue weighted by molar-refractivity contribution is 6.30. The van der Waals surface area contributed by atoms with Gasteiger partial charge in [0.15, 0.2) is 11.5 Å². The molecule has 1 saturated carbocycles. The third kappa shape index (κ3) is 3.83. The van der Waals surface area contributed by atoms with Crippen LogP contribution in [-0.4, -0.2) is 38.9 Å². The summed E-state index contributed by atoms with van der Waals surface area (Å²) in [5.41, 5.74) is 8.53. The summed E-state index contributed by atoms with van der Waals surface area (Å²) in [6, 6.07) is 8.24. The molecule has 0 saturated heterocycles. The number of nitrogens with one attached hydrogen (secondary N) is 1. The summed E-state index contributed by atoms with van der Waals surface area (Å²) in [5.74, 6) is 1.43. The molecular weight excluding hydrogens is 376 g/mol. The summed E-state index contributed by atoms with van der Waals surface area (Å²) in [6.45, 7) is 2.31. The normalized spacial score (nSPS) is 19.9. The Bertz CT molecular complexity index is 980. The topological polar surface area (TPSA) is 90.9 Å². The summed E-state index contributed by atoms with van der Waals surface area (Å²) in [4.78, 5) is 9.45. The van der Waals surface area contributed by atoms with Crippen molar-refractivity contribution in [3.05, 3.63) is 40.8 Å². The van der Waals surface area contributed by atoms with Crippen molar-refractivity contribution in [2.75, 3.05) is 12.4 Å². The van der Waals surface area contributed by atoms with Gasteiger partial charge < -0.3 is 15.8 Å². The molecule has 3 aromatic rings. The van der Waals surface area contributed by atoms with Crippen molar-refractivity contribution in [3.63, 3.8) is 0 Å². The van der Waals surface area contributed by atoms with Crippen molar-refractivity contribution in [2.24, 2.45) is 5.73 Å². The predicted molar refractivity (Wildman–Crippen MR) is 111 cm³/mol. The van der Waals surface area contributed by atoms with Gasteiger partial charge in [0.05, 0.1) is 16.8 Å². The number of benzene rings is 1. The first-order chi connectivity index (χ1) is 13.5. The van der Waals surface area contributed by atoms with Crippen molar-refractivity contribution < 1.29 is 4.74 Å². The van der Waals surface area contributed by atoms with Crippen LogP contribution >= 0.6 is 11.6 Å². The molecular formula is C20H25ClN6O. The minimum Gasteiger partial charge on any atom is -0.377 e. The second-order valence-electron chi connectivity index (χ2n) is 7.35. The largest absolute Gasteiger partial charge is 0.377 e. The van der Waals surface area contributed by atoms with Gasteiger partial charge in [0.2, 0.25) is 0 Å². The number of halogens is 1. The molecule has 148 valence electrons. The molecule has 1 aromatic carbocycles. The second-order valence-corrected chi connectivity index (χ2v) is 7.79. The number of hydrogen-bond donors (Lipinski definition) is 2. The summed E-state index contributed by atoms with van der Waals surface area (Å²) in [5, 5.41) is 9.92. The van der Waals surface area contributed by atoms with Crippen molar-refractivity contribution in [3.8, 4) is 5.69 Å². The number of hydrogen-bond acceptors (Lipinski definition) is 6. The zero-order chi connectivity index (χ0) is 19.7. The minimum absolute atomic E-state index is 0.305. The molecule has 0 atom stereocenters. The molecule has 0 radical (unpaired) electrons. The van der Waals surface area contributed by atoms with Crippen LogP contribution in [0.25, 0.3) is 16.7 Å². The third-order valence-corrected chi connectivity index (χ3v) is 5.42. The van der Waals surface area contributed by atoms with Gasteiger partial charge in [-0.3, -0.25) is 0 Å². The molecule has 1 aliphatic rings. The van der Waals surface area contributed by atoms with E-state index in [2.05, 4.69) is 5.32 Å². The van der Waals surface area contributed by atoms with Crippen LogP contribution in [0.5, 0.6) is 0 Å². The van der Waals surface area contributed by atoms with E-state index in [4.69, 9.17) is 37.1 Å². The van der Waals surface area contributed by atoms with Gasteiger partial charge in [-0.05, 0) is 50.8 Å². The van der Waals surface area contributed by atoms with Crippen LogP contribution in [0, 0.1) is 6.92 Å². The minimum atomic E-state index is 0.305. The summed E-state index contributed by atoms with van der Waals surface area (Å²) >= 11 is 6.19. The van der Waals surface area contributed by atoms with Gasteiger partial charge in [0.1, 0.15) is 12.4 Å². The van der Waals surface area contributed by atoms with E-state index in [1.807, 2.05) is 35.9 Å². The molecule has 7 nitrogen and oxygen atoms in total. The van der Waals surface area contributed by atoms with Crippen molar-refractivity contribution in [1.29, 1.82) is 0 Å². The Morgan fingerprint density at radius 1 is 1.25 bits per heavy atom. The Hall–Kier alpha value is -2.22. The fourth-order valence-electron chi connectivity index (χ4n) is 3.77. The number of rotatable bonds is 5. The zero-order valence-corrected chi connectivity index (χ0v) is 16.9. The molecule has 0 amide bonds. The highest BCUT2D eigenvalue weighted by Crippen LogP contribution is 2.29. The number of aryl methyl sites for hydroxylation is 1. The van der Waals surface area contributed by atoms with Crippen LogP contribution in [0.4, 0.5) is 5.82 Å². The summed E-state index contributed by atoms with van der Waals surface area (Å²) < 4.78 is 7.11. The van der Waals surface area contributed by atoms with E-state index in [1.165, 1.54) is 0 Å². The quantitative estimate of drug-likeness (QED) is 0.679. The average molecular weight is 401 g/mol. The van der Waals surface area contributed by atoms with E-state index in [9.17, 15) is 0 Å². The van der Waals surface area contributed by atoms with E-state index >= 15 is 0 Å². The number of aromatic nitrogens is 4. The first kappa shape index (κ1) is 19.1. The standard InChI is InChI=1S/C20H25ClN6O/c1-12-18-19(23-15-8-6-14(22)7-9-15)24-17(11-28-2)25-20(18)27(26-12)16-5-3-4-13(21)10-16/h3-5,10,14-15H,6-9,11,22H2,1-2H3,(H,23,24,25). The Kier molecular flexibility index (Phi) is 5.48. The molecule has 0 unspecified atom stereocenters. The van der Waals surface area contributed by atoms with Gasteiger partial charge in [0, 0.05) is 24.2 Å². The number of methoxy groups -OCH3 is 1. The summed E-state index contributed by atoms with van der Waals surface area (Å²) in [7, 11) is 1.64. The highest BCUT2D eigenvalue weighted by atomic mass is 35.5. The van der Waals surface area contributed by atoms with E-state index in [1.54, 1.807) is 7.11 Å². The first-order valence-electron chi connectivity index (χ1n) is 9.58. The number of fused-ring (bicyclic) bond motifs is 1. The van der Waals surface area contributed by atoms with E-state index in [-0.39, 0.29) is 0 Å². The fourth-order valence-corrected chi connectivity index (χ4v) is 3.96. The molecule has 0 aliphatic heterocycles. The van der Waals surface area contributed by atoms with Crippen LogP contribution < -0.4 is 11.1 Å². The number of ether oxygens (including phenoxy) is 1. The van der Waals surface area contributed by atoms with Crippen molar-refractivity contribution >= 4 is 28.5 Å². The van der Waals surface area contributed by atoms with Gasteiger partial charge in [-0.1, -0.05) is 17.7 Å². The molecule has 2 heterocycles. The van der Waals surface area contributed by atoms with Gasteiger partial charge in [-0.2, -0.15) is 5.10 Å². The molecule has 2 aromatic heterocycles. The lowest BCUT2D eigenvalue weighted by molar-refractivity contribution is 0.178. The third-order valence-electron chi connectivity index (χ3n) is 5.19. The Balaban J connectivity index is 1.80. The maximum absolute atomic E-state index is 6.19. The molecule has 28 heavy (non-hydrogen) atoms. The van der Waals surface area contributed by atoms with Crippen LogP contribution in [0.1, 0.15) is 37.2 Å². The number of nitrogens with zero attached hydrogens (tertiary/aromatic N) is 4. The second kappa shape index (κ2) is 8.03. The summed E-state index contributed by atoms with van der Waals surface area (Å²) in [6.07, 6.45) is 4.12. The molecule has 8 heteroatoms. The average Bonchev–Trinajstić information content (AvgIpc) is 3.01. The smallest absolute Gasteiger partial charge is 0.169 e. The van der Waals surface area contributed by atoms with Crippen LogP contribution in [-0.2, 0) is 11.3 Å². The maximum Gasteiger partial charge on any atom is 0.169 e. The molecule has 0 bridgehead atoms. The Morgan fingerprint density at radius 2 is 2.04 bits per heavy atom. The lowest BCUT2D eigenvalue weighted by Crippen LogP contribution is -2.33. The van der Waals surface area contributed by atoms with E-state index < -0.39 is 0 Å². The molecule has 4 rings (SSSR count). The molecule has 0 spiro atoms. The monoisotopic (exact) mass is 400 g/mol. The lowest BCUT2D eigenvalue weighted by Gasteiger charge is -2.27. The van der Waals surface area contributed by atoms with Gasteiger partial charge >= 0.3 is 0 Å². The maximum atomic E-state index is 6.19. The lowest BCUT2D eigenvalue weighted by atomic mass is 9.92. The van der Waals surface area contributed by atoms with E-state index in [0.717, 1.165) is 53.9 Å². The van der Waals surface area contributed by atoms with Crippen molar-refractivity contribution in [2.45, 2.75) is 51.3 Å². The van der Waals surface area contributed by atoms with Gasteiger partial charge in [0.25, 0.3) is 0 Å². The van der Waals surface area contributed by atoms with Crippen LogP contribution in [0.15, 0.2) is 24.3 Å². The van der Waals surface area contributed by atoms with Gasteiger partial charge in [-0.25, -0.2) is 14.6 Å². The number of nitrogens with two attached hydrogens (primary N) is 1. The molecule has 3 N–H and O–H groups in total. The first-order valence-corrected chi connectivity index (χ1v) is 9.96. The zero-order valence-electron chi connectivity index (χ0n) is 16.2. The van der Waals surface area contributed by atoms with Gasteiger partial charge in [-0.15, -0.1) is 0 Å². The fraction of sp³-hybridized carbons (Fsp3) is 0.450. The number of anilines is 1.